The lowest BCUT2D eigenvalue weighted by atomic mass is 10.1. The summed E-state index contributed by atoms with van der Waals surface area (Å²) in [4.78, 5) is 25.5. The van der Waals surface area contributed by atoms with E-state index in [0.29, 0.717) is 16.9 Å². The van der Waals surface area contributed by atoms with Gasteiger partial charge < -0.3 is 18.6 Å². The molecule has 0 fully saturated rings. The average molecular weight is 510 g/mol. The van der Waals surface area contributed by atoms with Crippen LogP contribution in [0.4, 0.5) is 8.78 Å². The highest BCUT2D eigenvalue weighted by molar-refractivity contribution is 6.02. The number of rotatable bonds is 10. The summed E-state index contributed by atoms with van der Waals surface area (Å²) in [6.07, 6.45) is 2.43. The number of aromatic nitrogens is 2. The number of carbonyl (C=O) groups excluding carboxylic acids is 2. The molecule has 194 valence electrons. The first kappa shape index (κ1) is 27.4. The summed E-state index contributed by atoms with van der Waals surface area (Å²) in [6.45, 7) is 6.88. The number of aryl methyl sites for hydroxylation is 2. The molecule has 0 unspecified atom stereocenters. The van der Waals surface area contributed by atoms with E-state index >= 15 is 0 Å². The van der Waals surface area contributed by atoms with Crippen molar-refractivity contribution in [1.29, 1.82) is 5.26 Å². The van der Waals surface area contributed by atoms with Gasteiger partial charge in [0.25, 0.3) is 0 Å². The summed E-state index contributed by atoms with van der Waals surface area (Å²) >= 11 is 0. The minimum atomic E-state index is -2.92. The molecule has 0 bridgehead atoms. The van der Waals surface area contributed by atoms with Crippen LogP contribution in [-0.2, 0) is 16.1 Å². The van der Waals surface area contributed by atoms with Crippen LogP contribution < -0.4 is 4.74 Å². The van der Waals surface area contributed by atoms with Crippen molar-refractivity contribution in [3.8, 4) is 17.5 Å². The topological polar surface area (TPSA) is 86.3 Å². The molecule has 3 rings (SSSR count). The highest BCUT2D eigenvalue weighted by atomic mass is 19.3. The standard InChI is InChI=1S/C28H29F2N3O4/c1-6-11-32-17(2)12-21(19(32)4)14-22(15-31)27(35)36-16-26(34)25-13-18(3)33(20(25)5)23-7-9-24(10-8-23)37-28(29)30/h7-10,12-14,28H,6,11,16H2,1-5H3/b22-14+. The van der Waals surface area contributed by atoms with Crippen molar-refractivity contribution in [2.45, 2.75) is 54.2 Å². The number of nitriles is 1. The Hall–Kier alpha value is -4.19. The van der Waals surface area contributed by atoms with Crippen LogP contribution in [0.2, 0.25) is 0 Å². The number of Topliss-reactive ketones (excluding diaryl/α,β-unsaturated/α-hetero) is 1. The van der Waals surface area contributed by atoms with E-state index in [4.69, 9.17) is 4.74 Å². The van der Waals surface area contributed by atoms with Crippen molar-refractivity contribution in [3.05, 3.63) is 75.9 Å². The van der Waals surface area contributed by atoms with Gasteiger partial charge in [0, 0.05) is 40.6 Å². The predicted molar refractivity (Wildman–Crippen MR) is 135 cm³/mol. The number of carbonyl (C=O) groups is 2. The third-order valence-electron chi connectivity index (χ3n) is 6.09. The van der Waals surface area contributed by atoms with E-state index in [1.165, 1.54) is 18.2 Å². The first-order valence-electron chi connectivity index (χ1n) is 11.8. The molecule has 0 aliphatic heterocycles. The monoisotopic (exact) mass is 509 g/mol. The van der Waals surface area contributed by atoms with E-state index in [1.54, 1.807) is 36.6 Å². The third-order valence-corrected chi connectivity index (χ3v) is 6.09. The molecule has 0 aliphatic carbocycles. The number of nitrogens with zero attached hydrogens (tertiary/aromatic N) is 3. The highest BCUT2D eigenvalue weighted by Gasteiger charge is 2.20. The molecule has 0 amide bonds. The number of alkyl halides is 2. The number of benzene rings is 1. The molecule has 0 aliphatic rings. The van der Waals surface area contributed by atoms with Gasteiger partial charge in [-0.25, -0.2) is 4.79 Å². The van der Waals surface area contributed by atoms with E-state index in [0.717, 1.165) is 35.6 Å². The van der Waals surface area contributed by atoms with Crippen molar-refractivity contribution < 1.29 is 27.8 Å². The first-order valence-corrected chi connectivity index (χ1v) is 11.8. The van der Waals surface area contributed by atoms with E-state index in [9.17, 15) is 23.6 Å². The molecular weight excluding hydrogens is 480 g/mol. The van der Waals surface area contributed by atoms with Crippen LogP contribution in [0.25, 0.3) is 11.8 Å². The number of esters is 1. The second-order valence-electron chi connectivity index (χ2n) is 8.64. The molecule has 0 spiro atoms. The number of hydrogen-bond acceptors (Lipinski definition) is 5. The molecule has 7 nitrogen and oxygen atoms in total. The molecule has 0 saturated heterocycles. The Morgan fingerprint density at radius 3 is 2.32 bits per heavy atom. The average Bonchev–Trinajstić information content (AvgIpc) is 3.30. The van der Waals surface area contributed by atoms with Crippen LogP contribution in [0, 0.1) is 39.0 Å². The van der Waals surface area contributed by atoms with Crippen molar-refractivity contribution in [2.24, 2.45) is 0 Å². The van der Waals surface area contributed by atoms with Crippen LogP contribution in [0.3, 0.4) is 0 Å². The van der Waals surface area contributed by atoms with Gasteiger partial charge in [0.2, 0.25) is 5.78 Å². The maximum Gasteiger partial charge on any atom is 0.387 e. The fraction of sp³-hybridized carbons (Fsp3) is 0.321. The third kappa shape index (κ3) is 6.15. The Bertz CT molecular complexity index is 1380. The Morgan fingerprint density at radius 2 is 1.73 bits per heavy atom. The van der Waals surface area contributed by atoms with Crippen molar-refractivity contribution in [1.82, 2.24) is 9.13 Å². The second-order valence-corrected chi connectivity index (χ2v) is 8.64. The molecular formula is C28H29F2N3O4. The quantitative estimate of drug-likeness (QED) is 0.148. The Balaban J connectivity index is 1.74. The Morgan fingerprint density at radius 1 is 1.05 bits per heavy atom. The van der Waals surface area contributed by atoms with Gasteiger partial charge >= 0.3 is 12.6 Å². The van der Waals surface area contributed by atoms with Gasteiger partial charge in [-0.3, -0.25) is 4.79 Å². The van der Waals surface area contributed by atoms with Crippen molar-refractivity contribution in [3.63, 3.8) is 0 Å². The summed E-state index contributed by atoms with van der Waals surface area (Å²) in [7, 11) is 0. The number of ether oxygens (including phenoxy) is 2. The SMILES string of the molecule is CCCn1c(C)cc(/C=C(\C#N)C(=O)OCC(=O)c2cc(C)n(-c3ccc(OC(F)F)cc3)c2C)c1C. The number of ketones is 1. The van der Waals surface area contributed by atoms with Crippen LogP contribution in [0.1, 0.15) is 52.0 Å². The zero-order valence-corrected chi connectivity index (χ0v) is 21.5. The minimum Gasteiger partial charge on any atom is -0.453 e. The lowest BCUT2D eigenvalue weighted by Crippen LogP contribution is -2.16. The van der Waals surface area contributed by atoms with Gasteiger partial charge in [0.1, 0.15) is 17.4 Å². The molecule has 9 heteroatoms. The predicted octanol–water partition coefficient (Wildman–Crippen LogP) is 5.86. The molecule has 0 saturated carbocycles. The van der Waals surface area contributed by atoms with Gasteiger partial charge in [-0.1, -0.05) is 6.92 Å². The highest BCUT2D eigenvalue weighted by Crippen LogP contribution is 2.24. The normalized spacial score (nSPS) is 11.5. The zero-order valence-electron chi connectivity index (χ0n) is 21.5. The molecule has 0 radical (unpaired) electrons. The van der Waals surface area contributed by atoms with E-state index < -0.39 is 25.0 Å². The van der Waals surface area contributed by atoms with E-state index in [-0.39, 0.29) is 11.3 Å². The van der Waals surface area contributed by atoms with Gasteiger partial charge in [-0.05, 0) is 82.2 Å². The van der Waals surface area contributed by atoms with Gasteiger partial charge in [-0.2, -0.15) is 14.0 Å². The smallest absolute Gasteiger partial charge is 0.387 e. The molecule has 2 aromatic heterocycles. The summed E-state index contributed by atoms with van der Waals surface area (Å²) in [5, 5.41) is 9.52. The first-order chi connectivity index (χ1) is 17.6. The molecule has 3 aromatic rings. The fourth-order valence-electron chi connectivity index (χ4n) is 4.34. The van der Waals surface area contributed by atoms with Gasteiger partial charge in [-0.15, -0.1) is 0 Å². The fourth-order valence-corrected chi connectivity index (χ4v) is 4.34. The second kappa shape index (κ2) is 11.7. The number of hydrogen-bond donors (Lipinski definition) is 0. The van der Waals surface area contributed by atoms with Crippen molar-refractivity contribution >= 4 is 17.8 Å². The molecule has 0 atom stereocenters. The van der Waals surface area contributed by atoms with Gasteiger partial charge in [0.05, 0.1) is 0 Å². The maximum absolute atomic E-state index is 12.9. The summed E-state index contributed by atoms with van der Waals surface area (Å²) in [5.41, 5.74) is 4.86. The van der Waals surface area contributed by atoms with Crippen LogP contribution in [-0.4, -0.2) is 34.1 Å². The van der Waals surface area contributed by atoms with E-state index in [1.807, 2.05) is 26.0 Å². The summed E-state index contributed by atoms with van der Waals surface area (Å²) in [5.74, 6) is -1.28. The minimum absolute atomic E-state index is 0.0260. The Labute approximate surface area is 214 Å². The van der Waals surface area contributed by atoms with Gasteiger partial charge in [0.15, 0.2) is 6.61 Å². The lowest BCUT2D eigenvalue weighted by molar-refractivity contribution is -0.137. The van der Waals surface area contributed by atoms with Crippen LogP contribution in [0.15, 0.2) is 42.0 Å². The van der Waals surface area contributed by atoms with Crippen LogP contribution >= 0.6 is 0 Å². The number of halogens is 2. The maximum atomic E-state index is 12.9. The summed E-state index contributed by atoms with van der Waals surface area (Å²) in [6, 6.07) is 11.5. The largest absolute Gasteiger partial charge is 0.453 e. The Kier molecular flexibility index (Phi) is 8.66. The lowest BCUT2D eigenvalue weighted by Gasteiger charge is -2.11. The van der Waals surface area contributed by atoms with E-state index in [2.05, 4.69) is 16.2 Å². The molecule has 0 N–H and O–H groups in total. The van der Waals surface area contributed by atoms with Crippen molar-refractivity contribution in [2.75, 3.05) is 6.61 Å². The molecule has 37 heavy (non-hydrogen) atoms. The molecule has 1 aromatic carbocycles. The summed E-state index contributed by atoms with van der Waals surface area (Å²) < 4.78 is 38.3. The zero-order chi connectivity index (χ0) is 27.3. The van der Waals surface area contributed by atoms with Crippen LogP contribution in [0.5, 0.6) is 5.75 Å². The molecule has 2 heterocycles.